The third kappa shape index (κ3) is 4.30. The van der Waals surface area contributed by atoms with Crippen LogP contribution in [0.3, 0.4) is 0 Å². The molecule has 1 aliphatic rings. The van der Waals surface area contributed by atoms with Gasteiger partial charge in [-0.3, -0.25) is 9.10 Å². The van der Waals surface area contributed by atoms with Crippen LogP contribution in [0, 0.1) is 0 Å². The SMILES string of the molecule is CS(=O)(=O)N(CC(=O)N1CCCc2ccccc21)c1ccc(C(F)(F)F)cc1. The molecule has 0 atom stereocenters. The molecular weight excluding hydrogens is 393 g/mol. The van der Waals surface area contributed by atoms with Crippen LogP contribution in [0.15, 0.2) is 48.5 Å². The van der Waals surface area contributed by atoms with Gasteiger partial charge in [-0.25, -0.2) is 8.42 Å². The van der Waals surface area contributed by atoms with Crippen LogP contribution >= 0.6 is 0 Å². The minimum atomic E-state index is -4.53. The van der Waals surface area contributed by atoms with Gasteiger partial charge in [0.1, 0.15) is 6.54 Å². The minimum absolute atomic E-state index is 0.00847. The fourth-order valence-electron chi connectivity index (χ4n) is 3.22. The zero-order valence-corrected chi connectivity index (χ0v) is 15.9. The zero-order chi connectivity index (χ0) is 20.5. The van der Waals surface area contributed by atoms with Crippen molar-refractivity contribution in [3.05, 3.63) is 59.7 Å². The number of fused-ring (bicyclic) bond motifs is 1. The first-order valence-electron chi connectivity index (χ1n) is 8.60. The summed E-state index contributed by atoms with van der Waals surface area (Å²) in [6.45, 7) is -0.0288. The van der Waals surface area contributed by atoms with Crippen molar-refractivity contribution in [2.75, 3.05) is 28.6 Å². The van der Waals surface area contributed by atoms with E-state index >= 15 is 0 Å². The average Bonchev–Trinajstić information content (AvgIpc) is 2.64. The van der Waals surface area contributed by atoms with Gasteiger partial charge in [-0.15, -0.1) is 0 Å². The van der Waals surface area contributed by atoms with Crippen molar-refractivity contribution in [2.45, 2.75) is 19.0 Å². The second kappa shape index (κ2) is 7.46. The monoisotopic (exact) mass is 412 g/mol. The minimum Gasteiger partial charge on any atom is -0.311 e. The molecule has 0 saturated carbocycles. The number of carbonyl (C=O) groups is 1. The van der Waals surface area contributed by atoms with E-state index in [1.165, 1.54) is 4.90 Å². The van der Waals surface area contributed by atoms with Crippen LogP contribution < -0.4 is 9.21 Å². The predicted octanol–water partition coefficient (Wildman–Crippen LogP) is 3.45. The van der Waals surface area contributed by atoms with Crippen molar-refractivity contribution < 1.29 is 26.4 Å². The maximum Gasteiger partial charge on any atom is 0.416 e. The van der Waals surface area contributed by atoms with Crippen molar-refractivity contribution in [2.24, 2.45) is 0 Å². The van der Waals surface area contributed by atoms with Crippen LogP contribution in [0.25, 0.3) is 0 Å². The number of nitrogens with zero attached hydrogens (tertiary/aromatic N) is 2. The first-order chi connectivity index (χ1) is 13.1. The molecule has 150 valence electrons. The molecule has 2 aromatic carbocycles. The molecule has 28 heavy (non-hydrogen) atoms. The molecule has 9 heteroatoms. The van der Waals surface area contributed by atoms with Gasteiger partial charge in [-0.1, -0.05) is 18.2 Å². The van der Waals surface area contributed by atoms with Crippen LogP contribution in [-0.4, -0.2) is 33.7 Å². The lowest BCUT2D eigenvalue weighted by molar-refractivity contribution is -0.137. The number of amides is 1. The average molecular weight is 412 g/mol. The predicted molar refractivity (Wildman–Crippen MR) is 101 cm³/mol. The summed E-state index contributed by atoms with van der Waals surface area (Å²) in [6, 6.07) is 11.1. The molecule has 0 unspecified atom stereocenters. The number of benzene rings is 2. The third-order valence-corrected chi connectivity index (χ3v) is 5.71. The quantitative estimate of drug-likeness (QED) is 0.773. The molecule has 0 aliphatic carbocycles. The Morgan fingerprint density at radius 1 is 1.11 bits per heavy atom. The Morgan fingerprint density at radius 3 is 2.36 bits per heavy atom. The molecule has 0 spiro atoms. The zero-order valence-electron chi connectivity index (χ0n) is 15.1. The number of alkyl halides is 3. The molecule has 2 aromatic rings. The van der Waals surface area contributed by atoms with E-state index in [1.54, 1.807) is 12.1 Å². The smallest absolute Gasteiger partial charge is 0.311 e. The molecule has 0 N–H and O–H groups in total. The lowest BCUT2D eigenvalue weighted by Gasteiger charge is -2.31. The van der Waals surface area contributed by atoms with Gasteiger partial charge in [-0.2, -0.15) is 13.2 Å². The molecule has 0 saturated heterocycles. The lowest BCUT2D eigenvalue weighted by atomic mass is 10.0. The van der Waals surface area contributed by atoms with Gasteiger partial charge < -0.3 is 4.90 Å². The third-order valence-electron chi connectivity index (χ3n) is 4.57. The maximum atomic E-state index is 12.9. The summed E-state index contributed by atoms with van der Waals surface area (Å²) < 4.78 is 63.5. The Balaban J connectivity index is 1.88. The van der Waals surface area contributed by atoms with Crippen LogP contribution in [0.1, 0.15) is 17.5 Å². The van der Waals surface area contributed by atoms with E-state index in [2.05, 4.69) is 0 Å². The first kappa shape index (κ1) is 20.2. The molecule has 0 aromatic heterocycles. The highest BCUT2D eigenvalue weighted by Gasteiger charge is 2.31. The second-order valence-corrected chi connectivity index (χ2v) is 8.50. The number of para-hydroxylation sites is 1. The summed E-state index contributed by atoms with van der Waals surface area (Å²) in [5, 5.41) is 0. The van der Waals surface area contributed by atoms with Gasteiger partial charge in [0.25, 0.3) is 0 Å². The Kier molecular flexibility index (Phi) is 5.38. The van der Waals surface area contributed by atoms with Gasteiger partial charge in [0.15, 0.2) is 0 Å². The topological polar surface area (TPSA) is 57.7 Å². The highest BCUT2D eigenvalue weighted by Crippen LogP contribution is 2.31. The summed E-state index contributed by atoms with van der Waals surface area (Å²) in [5.41, 5.74) is 0.859. The van der Waals surface area contributed by atoms with Crippen molar-refractivity contribution in [3.8, 4) is 0 Å². The summed E-state index contributed by atoms with van der Waals surface area (Å²) in [4.78, 5) is 14.4. The molecule has 0 radical (unpaired) electrons. The highest BCUT2D eigenvalue weighted by molar-refractivity contribution is 7.92. The summed E-state index contributed by atoms with van der Waals surface area (Å²) in [7, 11) is -3.87. The molecule has 1 aliphatic heterocycles. The number of hydrogen-bond acceptors (Lipinski definition) is 3. The fourth-order valence-corrected chi connectivity index (χ4v) is 4.07. The lowest BCUT2D eigenvalue weighted by Crippen LogP contribution is -2.44. The van der Waals surface area contributed by atoms with E-state index in [1.807, 2.05) is 12.1 Å². The number of halogens is 3. The van der Waals surface area contributed by atoms with E-state index in [4.69, 9.17) is 0 Å². The van der Waals surface area contributed by atoms with Crippen molar-refractivity contribution in [1.82, 2.24) is 0 Å². The summed E-state index contributed by atoms with van der Waals surface area (Å²) >= 11 is 0. The normalized spacial score (nSPS) is 14.5. The van der Waals surface area contributed by atoms with Crippen molar-refractivity contribution in [3.63, 3.8) is 0 Å². The van der Waals surface area contributed by atoms with E-state index in [-0.39, 0.29) is 5.69 Å². The molecule has 0 bridgehead atoms. The van der Waals surface area contributed by atoms with Crippen LogP contribution in [-0.2, 0) is 27.4 Å². The van der Waals surface area contributed by atoms with E-state index in [9.17, 15) is 26.4 Å². The first-order valence-corrected chi connectivity index (χ1v) is 10.5. The van der Waals surface area contributed by atoms with Crippen LogP contribution in [0.2, 0.25) is 0 Å². The number of hydrogen-bond donors (Lipinski definition) is 0. The number of anilines is 2. The van der Waals surface area contributed by atoms with Crippen LogP contribution in [0.5, 0.6) is 0 Å². The molecule has 1 amide bonds. The van der Waals surface area contributed by atoms with Crippen molar-refractivity contribution >= 4 is 27.3 Å². The number of carbonyl (C=O) groups excluding carboxylic acids is 1. The van der Waals surface area contributed by atoms with E-state index < -0.39 is 34.2 Å². The molecule has 3 rings (SSSR count). The number of rotatable bonds is 4. The molecular formula is C19H19F3N2O3S. The van der Waals surface area contributed by atoms with Gasteiger partial charge in [0.05, 0.1) is 17.5 Å². The van der Waals surface area contributed by atoms with Crippen LogP contribution in [0.4, 0.5) is 24.5 Å². The Hall–Kier alpha value is -2.55. The molecule has 0 fully saturated rings. The summed E-state index contributed by atoms with van der Waals surface area (Å²) in [6.07, 6.45) is -2.03. The maximum absolute atomic E-state index is 12.9. The summed E-state index contributed by atoms with van der Waals surface area (Å²) in [5.74, 6) is -0.433. The van der Waals surface area contributed by atoms with Crippen molar-refractivity contribution in [1.29, 1.82) is 0 Å². The van der Waals surface area contributed by atoms with Gasteiger partial charge in [-0.05, 0) is 48.7 Å². The van der Waals surface area contributed by atoms with Gasteiger partial charge >= 0.3 is 6.18 Å². The van der Waals surface area contributed by atoms with Gasteiger partial charge in [0, 0.05) is 12.2 Å². The molecule has 5 nitrogen and oxygen atoms in total. The fraction of sp³-hybridized carbons (Fsp3) is 0.316. The van der Waals surface area contributed by atoms with E-state index in [0.717, 1.165) is 58.9 Å². The largest absolute Gasteiger partial charge is 0.416 e. The second-order valence-electron chi connectivity index (χ2n) is 6.59. The van der Waals surface area contributed by atoms with E-state index in [0.29, 0.717) is 6.54 Å². The number of sulfonamides is 1. The Bertz CT molecular complexity index is 973. The number of aryl methyl sites for hydroxylation is 1. The Labute approximate surface area is 161 Å². The van der Waals surface area contributed by atoms with Gasteiger partial charge in [0.2, 0.25) is 15.9 Å². The standard InChI is InChI=1S/C19H19F3N2O3S/c1-28(26,27)24(16-10-8-15(9-11-16)19(20,21)22)13-18(25)23-12-4-6-14-5-2-3-7-17(14)23/h2-3,5,7-11H,4,6,12-13H2,1H3. The Morgan fingerprint density at radius 2 is 1.75 bits per heavy atom. The molecule has 1 heterocycles. The highest BCUT2D eigenvalue weighted by atomic mass is 32.2.